The lowest BCUT2D eigenvalue weighted by atomic mass is 10.1. The van der Waals surface area contributed by atoms with Crippen LogP contribution in [0.4, 0.5) is 0 Å². The van der Waals surface area contributed by atoms with Gasteiger partial charge in [0.05, 0.1) is 11.9 Å². The molecule has 1 aromatic rings. The van der Waals surface area contributed by atoms with E-state index < -0.39 is 15.6 Å². The van der Waals surface area contributed by atoms with Gasteiger partial charge < -0.3 is 0 Å². The van der Waals surface area contributed by atoms with Crippen molar-refractivity contribution < 1.29 is 8.42 Å². The lowest BCUT2D eigenvalue weighted by Gasteiger charge is -2.32. The smallest absolute Gasteiger partial charge is 0.246 e. The molecule has 1 heterocycles. The van der Waals surface area contributed by atoms with Gasteiger partial charge in [0.15, 0.2) is 0 Å². The van der Waals surface area contributed by atoms with Gasteiger partial charge in [-0.25, -0.2) is 8.42 Å². The lowest BCUT2D eigenvalue weighted by Crippen LogP contribution is -2.46. The fourth-order valence-electron chi connectivity index (χ4n) is 1.16. The Kier molecular flexibility index (Phi) is 3.66. The molecule has 0 amide bonds. The van der Waals surface area contributed by atoms with Crippen LogP contribution in [0.25, 0.3) is 0 Å². The average molecular weight is 266 g/mol. The largest absolute Gasteiger partial charge is 0.281 e. The zero-order chi connectivity index (χ0) is 12.6. The molecule has 0 radical (unpaired) electrons. The van der Waals surface area contributed by atoms with E-state index in [-0.39, 0.29) is 10.8 Å². The number of rotatable bonds is 4. The number of alkyl halides is 1. The average Bonchev–Trinajstić information content (AvgIpc) is 2.63. The van der Waals surface area contributed by atoms with E-state index in [1.165, 1.54) is 17.5 Å². The van der Waals surface area contributed by atoms with Crippen molar-refractivity contribution in [3.63, 3.8) is 0 Å². The highest BCUT2D eigenvalue weighted by Gasteiger charge is 2.34. The topological polar surface area (TPSA) is 66.1 Å². The minimum absolute atomic E-state index is 0.188. The standard InChI is InChI=1S/C9H16ClN3O2S/c1-7-8(5-11-12-7)16(14,15)13(4)9(2,3)6-10/h5H,6H2,1-4H3,(H,11,12). The SMILES string of the molecule is Cc1[nH]ncc1S(=O)(=O)N(C)C(C)(C)CCl. The number of hydrogen-bond donors (Lipinski definition) is 1. The number of nitrogens with zero attached hydrogens (tertiary/aromatic N) is 2. The first-order valence-corrected chi connectivity index (χ1v) is 6.76. The molecule has 0 aliphatic rings. The molecule has 1 aromatic heterocycles. The Morgan fingerprint density at radius 3 is 2.50 bits per heavy atom. The fourth-order valence-corrected chi connectivity index (χ4v) is 3.04. The van der Waals surface area contributed by atoms with E-state index in [0.29, 0.717) is 5.69 Å². The minimum atomic E-state index is -3.54. The van der Waals surface area contributed by atoms with Crippen LogP contribution in [0.3, 0.4) is 0 Å². The Morgan fingerprint density at radius 2 is 2.12 bits per heavy atom. The van der Waals surface area contributed by atoms with E-state index in [1.54, 1.807) is 20.8 Å². The minimum Gasteiger partial charge on any atom is -0.281 e. The predicted octanol–water partition coefficient (Wildman–Crippen LogP) is 1.36. The Bertz CT molecular complexity index is 467. The third kappa shape index (κ3) is 2.23. The third-order valence-corrected chi connectivity index (χ3v) is 5.44. The van der Waals surface area contributed by atoms with Crippen LogP contribution in [0.15, 0.2) is 11.1 Å². The van der Waals surface area contributed by atoms with E-state index in [1.807, 2.05) is 0 Å². The van der Waals surface area contributed by atoms with Crippen LogP contribution in [0.1, 0.15) is 19.5 Å². The molecule has 0 unspecified atom stereocenters. The highest BCUT2D eigenvalue weighted by atomic mass is 35.5. The maximum Gasteiger partial charge on any atom is 0.246 e. The second-order valence-corrected chi connectivity index (χ2v) is 6.48. The summed E-state index contributed by atoms with van der Waals surface area (Å²) in [6, 6.07) is 0. The quantitative estimate of drug-likeness (QED) is 0.836. The van der Waals surface area contributed by atoms with Crippen molar-refractivity contribution in [1.82, 2.24) is 14.5 Å². The van der Waals surface area contributed by atoms with E-state index in [9.17, 15) is 8.42 Å². The van der Waals surface area contributed by atoms with Crippen LogP contribution in [0, 0.1) is 6.92 Å². The maximum absolute atomic E-state index is 12.2. The number of aromatic nitrogens is 2. The monoisotopic (exact) mass is 265 g/mol. The van der Waals surface area contributed by atoms with Crippen LogP contribution >= 0.6 is 11.6 Å². The summed E-state index contributed by atoms with van der Waals surface area (Å²) >= 11 is 5.77. The first kappa shape index (κ1) is 13.5. The van der Waals surface area contributed by atoms with Crippen molar-refractivity contribution in [2.24, 2.45) is 0 Å². The van der Waals surface area contributed by atoms with Gasteiger partial charge in [0.1, 0.15) is 4.90 Å². The molecule has 5 nitrogen and oxygen atoms in total. The predicted molar refractivity (Wildman–Crippen MR) is 63.1 cm³/mol. The zero-order valence-electron chi connectivity index (χ0n) is 9.78. The van der Waals surface area contributed by atoms with Crippen molar-refractivity contribution in [2.75, 3.05) is 12.9 Å². The first-order valence-electron chi connectivity index (χ1n) is 4.78. The molecule has 0 saturated heterocycles. The van der Waals surface area contributed by atoms with Gasteiger partial charge in [-0.2, -0.15) is 9.40 Å². The molecule has 0 fully saturated rings. The number of aryl methyl sites for hydroxylation is 1. The van der Waals surface area contributed by atoms with Gasteiger partial charge in [-0.3, -0.25) is 5.10 Å². The van der Waals surface area contributed by atoms with Crippen molar-refractivity contribution in [1.29, 1.82) is 0 Å². The second kappa shape index (κ2) is 4.35. The summed E-state index contributed by atoms with van der Waals surface area (Å²) in [5, 5.41) is 6.32. The van der Waals surface area contributed by atoms with Gasteiger partial charge in [-0.1, -0.05) is 0 Å². The molecule has 0 saturated carbocycles. The van der Waals surface area contributed by atoms with Crippen molar-refractivity contribution in [3.8, 4) is 0 Å². The van der Waals surface area contributed by atoms with E-state index >= 15 is 0 Å². The molecule has 0 aliphatic heterocycles. The summed E-state index contributed by atoms with van der Waals surface area (Å²) in [6.07, 6.45) is 1.31. The molecular weight excluding hydrogens is 250 g/mol. The summed E-state index contributed by atoms with van der Waals surface area (Å²) in [7, 11) is -2.02. The van der Waals surface area contributed by atoms with Crippen LogP contribution < -0.4 is 0 Å². The van der Waals surface area contributed by atoms with Gasteiger partial charge in [0.25, 0.3) is 0 Å². The van der Waals surface area contributed by atoms with Gasteiger partial charge in [-0.15, -0.1) is 11.6 Å². The summed E-state index contributed by atoms with van der Waals surface area (Å²) in [5.74, 6) is 0.222. The number of H-pyrrole nitrogens is 1. The highest BCUT2D eigenvalue weighted by molar-refractivity contribution is 7.89. The van der Waals surface area contributed by atoms with Gasteiger partial charge >= 0.3 is 0 Å². The molecule has 0 spiro atoms. The number of hydrogen-bond acceptors (Lipinski definition) is 3. The van der Waals surface area contributed by atoms with Crippen molar-refractivity contribution in [2.45, 2.75) is 31.2 Å². The molecule has 0 aliphatic carbocycles. The normalized spacial score (nSPS) is 13.4. The summed E-state index contributed by atoms with van der Waals surface area (Å²) in [4.78, 5) is 0.188. The molecule has 0 bridgehead atoms. The second-order valence-electron chi connectivity index (χ2n) is 4.28. The number of nitrogens with one attached hydrogen (secondary N) is 1. The van der Waals surface area contributed by atoms with E-state index in [0.717, 1.165) is 0 Å². The summed E-state index contributed by atoms with van der Waals surface area (Å²) in [5.41, 5.74) is -0.110. The van der Waals surface area contributed by atoms with Crippen molar-refractivity contribution in [3.05, 3.63) is 11.9 Å². The summed E-state index contributed by atoms with van der Waals surface area (Å²) < 4.78 is 25.7. The maximum atomic E-state index is 12.2. The molecular formula is C9H16ClN3O2S. The van der Waals surface area contributed by atoms with E-state index in [4.69, 9.17) is 11.6 Å². The molecule has 1 N–H and O–H groups in total. The number of sulfonamides is 1. The molecule has 16 heavy (non-hydrogen) atoms. The summed E-state index contributed by atoms with van der Waals surface area (Å²) in [6.45, 7) is 5.21. The first-order chi connectivity index (χ1) is 7.23. The zero-order valence-corrected chi connectivity index (χ0v) is 11.4. The van der Waals surface area contributed by atoms with Gasteiger partial charge in [0.2, 0.25) is 10.0 Å². The Labute approximate surface area is 101 Å². The van der Waals surface area contributed by atoms with Crippen LogP contribution in [0.2, 0.25) is 0 Å². The Balaban J connectivity index is 3.19. The van der Waals surface area contributed by atoms with Crippen LogP contribution in [0.5, 0.6) is 0 Å². The fraction of sp³-hybridized carbons (Fsp3) is 0.667. The molecule has 7 heteroatoms. The number of aromatic amines is 1. The van der Waals surface area contributed by atoms with Crippen LogP contribution in [-0.4, -0.2) is 41.4 Å². The molecule has 0 aromatic carbocycles. The Morgan fingerprint density at radius 1 is 1.56 bits per heavy atom. The third-order valence-electron chi connectivity index (χ3n) is 2.60. The number of halogens is 1. The lowest BCUT2D eigenvalue weighted by molar-refractivity contribution is 0.296. The highest BCUT2D eigenvalue weighted by Crippen LogP contribution is 2.24. The van der Waals surface area contributed by atoms with Crippen LogP contribution in [-0.2, 0) is 10.0 Å². The van der Waals surface area contributed by atoms with E-state index in [2.05, 4.69) is 10.2 Å². The van der Waals surface area contributed by atoms with Gasteiger partial charge in [-0.05, 0) is 20.8 Å². The molecule has 1 rings (SSSR count). The van der Waals surface area contributed by atoms with Gasteiger partial charge in [0, 0.05) is 18.5 Å². The Hall–Kier alpha value is -0.590. The molecule has 92 valence electrons. The molecule has 0 atom stereocenters. The van der Waals surface area contributed by atoms with Crippen molar-refractivity contribution >= 4 is 21.6 Å².